The second-order valence-electron chi connectivity index (χ2n) is 8.91. The number of primary amides is 1. The first kappa shape index (κ1) is 26.9. The van der Waals surface area contributed by atoms with Gasteiger partial charge in [0.1, 0.15) is 23.3 Å². The zero-order valence-corrected chi connectivity index (χ0v) is 20.3. The molecule has 4 rings (SSSR count). The molecule has 3 N–H and O–H groups in total. The quantitative estimate of drug-likeness (QED) is 0.425. The number of amides is 2. The maximum atomic E-state index is 14.9. The lowest BCUT2D eigenvalue weighted by Gasteiger charge is -2.34. The number of H-pyrrole nitrogens is 1. The molecule has 0 aliphatic carbocycles. The van der Waals surface area contributed by atoms with Crippen LogP contribution in [0.2, 0.25) is 0 Å². The second kappa shape index (κ2) is 11.1. The third-order valence-corrected chi connectivity index (χ3v) is 6.11. The number of aromatic nitrogens is 3. The van der Waals surface area contributed by atoms with Gasteiger partial charge in [-0.3, -0.25) is 9.59 Å². The number of imidazole rings is 1. The minimum absolute atomic E-state index is 0.0128. The number of aromatic amines is 1. The summed E-state index contributed by atoms with van der Waals surface area (Å²) in [5.41, 5.74) is 7.25. The van der Waals surface area contributed by atoms with E-state index in [1.807, 2.05) is 0 Å². The zero-order valence-electron chi connectivity index (χ0n) is 20.3. The number of hydrogen-bond donors (Lipinski definition) is 2. The molecular weight excluding hydrogens is 510 g/mol. The van der Waals surface area contributed by atoms with E-state index in [2.05, 4.69) is 19.7 Å². The van der Waals surface area contributed by atoms with Crippen LogP contribution in [0.3, 0.4) is 0 Å². The van der Waals surface area contributed by atoms with E-state index in [0.29, 0.717) is 29.1 Å². The summed E-state index contributed by atoms with van der Waals surface area (Å²) in [5.74, 6) is -1.36. The van der Waals surface area contributed by atoms with Crippen molar-refractivity contribution in [3.63, 3.8) is 0 Å². The van der Waals surface area contributed by atoms with Gasteiger partial charge in [0, 0.05) is 24.2 Å². The van der Waals surface area contributed by atoms with Crippen molar-refractivity contribution in [3.05, 3.63) is 59.7 Å². The summed E-state index contributed by atoms with van der Waals surface area (Å²) in [5, 5.41) is 0. The highest BCUT2D eigenvalue weighted by Crippen LogP contribution is 2.27. The summed E-state index contributed by atoms with van der Waals surface area (Å²) in [6.07, 6.45) is -2.89. The fraction of sp³-hybridized carbons (Fsp3) is 0.360. The van der Waals surface area contributed by atoms with Gasteiger partial charge in [0.15, 0.2) is 0 Å². The van der Waals surface area contributed by atoms with Gasteiger partial charge < -0.3 is 25.1 Å². The number of likely N-dealkylation sites (tertiary alicyclic amines) is 1. The Morgan fingerprint density at radius 1 is 1.18 bits per heavy atom. The number of halogens is 4. The first-order chi connectivity index (χ1) is 18.0. The molecule has 0 bridgehead atoms. The fourth-order valence-electron chi connectivity index (χ4n) is 4.11. The van der Waals surface area contributed by atoms with Gasteiger partial charge in [-0.15, -0.1) is 13.2 Å². The first-order valence-corrected chi connectivity index (χ1v) is 11.7. The fourth-order valence-corrected chi connectivity index (χ4v) is 4.11. The molecule has 9 nitrogen and oxygen atoms in total. The normalized spacial score (nSPS) is 17.8. The Hall–Kier alpha value is -4.16. The van der Waals surface area contributed by atoms with Gasteiger partial charge >= 0.3 is 6.36 Å². The minimum Gasteiger partial charge on any atom is -0.477 e. The van der Waals surface area contributed by atoms with Crippen molar-refractivity contribution in [2.45, 2.75) is 32.3 Å². The highest BCUT2D eigenvalue weighted by molar-refractivity contribution is 5.96. The van der Waals surface area contributed by atoms with Gasteiger partial charge in [-0.05, 0) is 37.1 Å². The monoisotopic (exact) mass is 535 g/mol. The number of pyridine rings is 1. The van der Waals surface area contributed by atoms with E-state index in [-0.39, 0.29) is 43.5 Å². The molecule has 38 heavy (non-hydrogen) atoms. The Morgan fingerprint density at radius 3 is 2.53 bits per heavy atom. The van der Waals surface area contributed by atoms with Gasteiger partial charge in [-0.25, -0.2) is 14.4 Å². The number of carbonyl (C=O) groups is 2. The van der Waals surface area contributed by atoms with Gasteiger partial charge in [0.25, 0.3) is 5.91 Å². The van der Waals surface area contributed by atoms with E-state index in [1.165, 1.54) is 29.3 Å². The molecule has 3 aromatic rings. The van der Waals surface area contributed by atoms with Gasteiger partial charge in [-0.1, -0.05) is 12.1 Å². The number of benzene rings is 1. The van der Waals surface area contributed by atoms with E-state index in [0.717, 1.165) is 12.1 Å². The summed E-state index contributed by atoms with van der Waals surface area (Å²) in [6, 6.07) is 6.47. The van der Waals surface area contributed by atoms with Gasteiger partial charge in [0.2, 0.25) is 11.8 Å². The molecule has 2 atom stereocenters. The third-order valence-electron chi connectivity index (χ3n) is 6.11. The third kappa shape index (κ3) is 6.78. The van der Waals surface area contributed by atoms with E-state index < -0.39 is 30.1 Å². The molecule has 0 radical (unpaired) electrons. The van der Waals surface area contributed by atoms with Crippen LogP contribution in [0.1, 0.15) is 28.2 Å². The predicted octanol–water partition coefficient (Wildman–Crippen LogP) is 3.59. The van der Waals surface area contributed by atoms with Crippen LogP contribution in [-0.2, 0) is 11.2 Å². The molecule has 1 aliphatic heterocycles. The summed E-state index contributed by atoms with van der Waals surface area (Å²) < 4.78 is 61.3. The van der Waals surface area contributed by atoms with Crippen LogP contribution in [0.25, 0.3) is 11.3 Å². The van der Waals surface area contributed by atoms with E-state index in [1.54, 1.807) is 13.1 Å². The Labute approximate surface area is 215 Å². The first-order valence-electron chi connectivity index (χ1n) is 11.7. The lowest BCUT2D eigenvalue weighted by molar-refractivity contribution is -0.274. The second-order valence-corrected chi connectivity index (χ2v) is 8.91. The average Bonchev–Trinajstić information content (AvgIpc) is 3.29. The van der Waals surface area contributed by atoms with Crippen molar-refractivity contribution in [3.8, 4) is 22.9 Å². The molecular formula is C25H25F4N5O4. The highest BCUT2D eigenvalue weighted by atomic mass is 19.4. The summed E-state index contributed by atoms with van der Waals surface area (Å²) in [7, 11) is 0. The molecule has 1 aromatic carbocycles. The lowest BCUT2D eigenvalue weighted by Crippen LogP contribution is -2.47. The molecule has 0 saturated carbocycles. The number of rotatable bonds is 8. The Balaban J connectivity index is 1.31. The number of piperidine rings is 1. The van der Waals surface area contributed by atoms with Crippen molar-refractivity contribution in [1.29, 1.82) is 0 Å². The SMILES string of the molecule is Cc1ncc(-c2cnc(OCC3CCN(C(=O)Cc4ccc(OC(F)(F)F)cc4)CC3F)c(C(N)=O)c2)[nH]1. The van der Waals surface area contributed by atoms with Crippen LogP contribution in [0.4, 0.5) is 17.6 Å². The molecule has 1 aliphatic rings. The summed E-state index contributed by atoms with van der Waals surface area (Å²) in [6.45, 7) is 1.83. The molecule has 2 unspecified atom stereocenters. The zero-order chi connectivity index (χ0) is 27.4. The summed E-state index contributed by atoms with van der Waals surface area (Å²) >= 11 is 0. The van der Waals surface area contributed by atoms with Crippen molar-refractivity contribution in [2.24, 2.45) is 11.7 Å². The molecule has 2 amide bonds. The van der Waals surface area contributed by atoms with Crippen LogP contribution in [0.5, 0.6) is 11.6 Å². The number of nitrogens with zero attached hydrogens (tertiary/aromatic N) is 3. The Bertz CT molecular complexity index is 1300. The number of hydrogen-bond acceptors (Lipinski definition) is 6. The molecule has 0 spiro atoms. The average molecular weight is 535 g/mol. The molecule has 2 aromatic heterocycles. The number of carbonyl (C=O) groups excluding carboxylic acids is 2. The Morgan fingerprint density at radius 2 is 1.92 bits per heavy atom. The van der Waals surface area contributed by atoms with E-state index in [9.17, 15) is 27.2 Å². The number of alkyl halides is 4. The molecule has 1 saturated heterocycles. The van der Waals surface area contributed by atoms with Crippen LogP contribution >= 0.6 is 0 Å². The molecule has 3 heterocycles. The van der Waals surface area contributed by atoms with Crippen molar-refractivity contribution in [1.82, 2.24) is 19.9 Å². The van der Waals surface area contributed by atoms with Crippen molar-refractivity contribution >= 4 is 11.8 Å². The van der Waals surface area contributed by atoms with Crippen molar-refractivity contribution in [2.75, 3.05) is 19.7 Å². The maximum Gasteiger partial charge on any atom is 0.573 e. The number of nitrogens with two attached hydrogens (primary N) is 1. The maximum absolute atomic E-state index is 14.9. The standard InChI is InChI=1S/C25H25F4N5O4/c1-14-31-11-21(33-14)17-9-19(23(30)36)24(32-10-17)37-13-16-6-7-34(12-20(16)26)22(35)8-15-2-4-18(5-3-15)38-25(27,28)29/h2-5,9-11,16,20H,6-8,12-13H2,1H3,(H2,30,36)(H,31,33). The molecule has 1 fully saturated rings. The number of aryl methyl sites for hydroxylation is 1. The van der Waals surface area contributed by atoms with Crippen LogP contribution < -0.4 is 15.2 Å². The molecule has 13 heteroatoms. The number of nitrogens with one attached hydrogen (secondary N) is 1. The van der Waals surface area contributed by atoms with Gasteiger partial charge in [-0.2, -0.15) is 0 Å². The van der Waals surface area contributed by atoms with Crippen LogP contribution in [-0.4, -0.2) is 63.9 Å². The van der Waals surface area contributed by atoms with E-state index >= 15 is 0 Å². The summed E-state index contributed by atoms with van der Waals surface area (Å²) in [4.78, 5) is 37.3. The number of ether oxygens (including phenoxy) is 2. The largest absolute Gasteiger partial charge is 0.573 e. The van der Waals surface area contributed by atoms with E-state index in [4.69, 9.17) is 10.5 Å². The minimum atomic E-state index is -4.80. The predicted molar refractivity (Wildman–Crippen MR) is 127 cm³/mol. The van der Waals surface area contributed by atoms with Crippen LogP contribution in [0, 0.1) is 12.8 Å². The smallest absolute Gasteiger partial charge is 0.477 e. The lowest BCUT2D eigenvalue weighted by atomic mass is 9.95. The Kier molecular flexibility index (Phi) is 7.83. The van der Waals surface area contributed by atoms with Gasteiger partial charge in [0.05, 0.1) is 31.5 Å². The highest BCUT2D eigenvalue weighted by Gasteiger charge is 2.33. The topological polar surface area (TPSA) is 123 Å². The van der Waals surface area contributed by atoms with Crippen LogP contribution in [0.15, 0.2) is 42.7 Å². The molecule has 202 valence electrons. The van der Waals surface area contributed by atoms with Crippen molar-refractivity contribution < 1.29 is 36.6 Å².